The van der Waals surface area contributed by atoms with Crippen LogP contribution in [0.15, 0.2) is 81.4 Å². The lowest BCUT2D eigenvalue weighted by Gasteiger charge is -2.12. The van der Waals surface area contributed by atoms with E-state index in [1.165, 1.54) is 17.3 Å². The molecule has 0 aliphatic rings. The number of aromatic nitrogens is 3. The number of furan rings is 1. The van der Waals surface area contributed by atoms with Crippen molar-refractivity contribution in [2.45, 2.75) is 25.0 Å². The van der Waals surface area contributed by atoms with E-state index in [0.717, 1.165) is 17.3 Å². The van der Waals surface area contributed by atoms with E-state index in [1.54, 1.807) is 29.2 Å². The molecular formula is C25H21N3O3S. The van der Waals surface area contributed by atoms with Gasteiger partial charge in [0.2, 0.25) is 0 Å². The quantitative estimate of drug-likeness (QED) is 0.216. The second-order valence-electron chi connectivity index (χ2n) is 7.49. The Kier molecular flexibility index (Phi) is 5.41. The molecule has 0 saturated carbocycles. The summed E-state index contributed by atoms with van der Waals surface area (Å²) in [5.41, 5.74) is 3.30. The van der Waals surface area contributed by atoms with Gasteiger partial charge in [0.1, 0.15) is 5.76 Å². The fourth-order valence-electron chi connectivity index (χ4n) is 3.91. The SMILES string of the molecule is CCc1cccc2c(C(=O)CSc3nc4ccccc4c(=O)n3Cc3ccco3)c[nH]c12. The Morgan fingerprint density at radius 1 is 1.09 bits per heavy atom. The van der Waals surface area contributed by atoms with Gasteiger partial charge < -0.3 is 9.40 Å². The van der Waals surface area contributed by atoms with Crippen LogP contribution in [0, 0.1) is 0 Å². The minimum absolute atomic E-state index is 0.0125. The molecule has 0 amide bonds. The molecule has 160 valence electrons. The van der Waals surface area contributed by atoms with Crippen molar-refractivity contribution in [2.75, 3.05) is 5.75 Å². The number of hydrogen-bond donors (Lipinski definition) is 1. The molecule has 0 radical (unpaired) electrons. The Morgan fingerprint density at radius 2 is 1.94 bits per heavy atom. The Morgan fingerprint density at radius 3 is 2.75 bits per heavy atom. The maximum absolute atomic E-state index is 13.2. The summed E-state index contributed by atoms with van der Waals surface area (Å²) in [6.07, 6.45) is 4.24. The van der Waals surface area contributed by atoms with Crippen LogP contribution in [-0.4, -0.2) is 26.1 Å². The van der Waals surface area contributed by atoms with Gasteiger partial charge in [-0.25, -0.2) is 4.98 Å². The van der Waals surface area contributed by atoms with Crippen molar-refractivity contribution in [3.05, 3.63) is 94.3 Å². The Hall–Kier alpha value is -3.58. The number of carbonyl (C=O) groups is 1. The van der Waals surface area contributed by atoms with Gasteiger partial charge in [-0.1, -0.05) is 49.0 Å². The maximum atomic E-state index is 13.2. The lowest BCUT2D eigenvalue weighted by molar-refractivity contribution is 0.102. The lowest BCUT2D eigenvalue weighted by Crippen LogP contribution is -2.24. The normalized spacial score (nSPS) is 11.4. The van der Waals surface area contributed by atoms with Crippen LogP contribution in [0.1, 0.15) is 28.6 Å². The third kappa shape index (κ3) is 3.65. The Labute approximate surface area is 188 Å². The minimum atomic E-state index is -0.151. The van der Waals surface area contributed by atoms with E-state index >= 15 is 0 Å². The highest BCUT2D eigenvalue weighted by Crippen LogP contribution is 2.25. The molecule has 7 heteroatoms. The molecule has 0 aliphatic carbocycles. The summed E-state index contributed by atoms with van der Waals surface area (Å²) in [6, 6.07) is 16.9. The van der Waals surface area contributed by atoms with Crippen LogP contribution >= 0.6 is 11.8 Å². The largest absolute Gasteiger partial charge is 0.467 e. The molecular weight excluding hydrogens is 422 g/mol. The molecule has 0 bridgehead atoms. The van der Waals surface area contributed by atoms with Crippen LogP contribution in [0.3, 0.4) is 0 Å². The number of H-pyrrole nitrogens is 1. The molecule has 0 atom stereocenters. The lowest BCUT2D eigenvalue weighted by atomic mass is 10.1. The first-order valence-electron chi connectivity index (χ1n) is 10.4. The standard InChI is InChI=1S/C25H21N3O3S/c1-2-16-7-5-10-18-20(13-26-23(16)18)22(29)15-32-25-27-21-11-4-3-9-19(21)24(30)28(25)14-17-8-6-12-31-17/h3-13,26H,2,14-15H2,1H3. The molecule has 0 unspecified atom stereocenters. The van der Waals surface area contributed by atoms with Gasteiger partial charge in [0.15, 0.2) is 10.9 Å². The molecule has 0 aliphatic heterocycles. The van der Waals surface area contributed by atoms with Gasteiger partial charge in [-0.15, -0.1) is 0 Å². The van der Waals surface area contributed by atoms with Crippen molar-refractivity contribution >= 4 is 39.4 Å². The Balaban J connectivity index is 1.48. The number of hydrogen-bond acceptors (Lipinski definition) is 5. The van der Waals surface area contributed by atoms with Gasteiger partial charge in [-0.3, -0.25) is 14.2 Å². The van der Waals surface area contributed by atoms with Gasteiger partial charge in [-0.05, 0) is 36.2 Å². The molecule has 0 fully saturated rings. The number of nitrogens with one attached hydrogen (secondary N) is 1. The third-order valence-corrected chi connectivity index (χ3v) is 6.51. The van der Waals surface area contributed by atoms with Crippen molar-refractivity contribution in [2.24, 2.45) is 0 Å². The summed E-state index contributed by atoms with van der Waals surface area (Å²) in [7, 11) is 0. The first kappa shape index (κ1) is 20.3. The summed E-state index contributed by atoms with van der Waals surface area (Å²) in [6.45, 7) is 2.35. The highest BCUT2D eigenvalue weighted by Gasteiger charge is 2.17. The zero-order chi connectivity index (χ0) is 22.1. The van der Waals surface area contributed by atoms with Gasteiger partial charge >= 0.3 is 0 Å². The summed E-state index contributed by atoms with van der Waals surface area (Å²) >= 11 is 1.27. The minimum Gasteiger partial charge on any atom is -0.467 e. The molecule has 1 N–H and O–H groups in total. The van der Waals surface area contributed by atoms with E-state index in [2.05, 4.69) is 23.0 Å². The zero-order valence-electron chi connectivity index (χ0n) is 17.5. The number of aryl methyl sites for hydroxylation is 1. The number of Topliss-reactive ketones (excluding diaryl/α,β-unsaturated/α-hetero) is 1. The fraction of sp³-hybridized carbons (Fsp3) is 0.160. The van der Waals surface area contributed by atoms with E-state index < -0.39 is 0 Å². The number of fused-ring (bicyclic) bond motifs is 2. The van der Waals surface area contributed by atoms with E-state index in [1.807, 2.05) is 36.4 Å². The second kappa shape index (κ2) is 8.51. The molecule has 3 heterocycles. The zero-order valence-corrected chi connectivity index (χ0v) is 18.3. The highest BCUT2D eigenvalue weighted by molar-refractivity contribution is 7.99. The molecule has 32 heavy (non-hydrogen) atoms. The number of aromatic amines is 1. The average molecular weight is 444 g/mol. The third-order valence-electron chi connectivity index (χ3n) is 5.54. The molecule has 3 aromatic heterocycles. The number of para-hydroxylation sites is 2. The molecule has 5 aromatic rings. The van der Waals surface area contributed by atoms with E-state index in [4.69, 9.17) is 4.42 Å². The summed E-state index contributed by atoms with van der Waals surface area (Å²) in [5, 5.41) is 1.96. The fourth-order valence-corrected chi connectivity index (χ4v) is 4.79. The first-order valence-corrected chi connectivity index (χ1v) is 11.4. The van der Waals surface area contributed by atoms with Crippen molar-refractivity contribution in [1.82, 2.24) is 14.5 Å². The van der Waals surface area contributed by atoms with Crippen LogP contribution in [0.2, 0.25) is 0 Å². The van der Waals surface area contributed by atoms with Crippen molar-refractivity contribution in [3.63, 3.8) is 0 Å². The number of carbonyl (C=O) groups excluding carboxylic acids is 1. The van der Waals surface area contributed by atoms with Crippen molar-refractivity contribution in [1.29, 1.82) is 0 Å². The number of thioether (sulfide) groups is 1. The molecule has 6 nitrogen and oxygen atoms in total. The molecule has 0 saturated heterocycles. The van der Waals surface area contributed by atoms with Crippen LogP contribution in [-0.2, 0) is 13.0 Å². The average Bonchev–Trinajstić information content (AvgIpc) is 3.49. The van der Waals surface area contributed by atoms with Crippen molar-refractivity contribution in [3.8, 4) is 0 Å². The topological polar surface area (TPSA) is 80.9 Å². The molecule has 5 rings (SSSR count). The van der Waals surface area contributed by atoms with Crippen molar-refractivity contribution < 1.29 is 9.21 Å². The highest BCUT2D eigenvalue weighted by atomic mass is 32.2. The summed E-state index contributed by atoms with van der Waals surface area (Å²) < 4.78 is 7.02. The van der Waals surface area contributed by atoms with Crippen LogP contribution in [0.25, 0.3) is 21.8 Å². The smallest absolute Gasteiger partial charge is 0.262 e. The monoisotopic (exact) mass is 443 g/mol. The number of nitrogens with zero attached hydrogens (tertiary/aromatic N) is 2. The number of ketones is 1. The molecule has 2 aromatic carbocycles. The molecule has 0 spiro atoms. The van der Waals surface area contributed by atoms with E-state index in [0.29, 0.717) is 27.4 Å². The predicted octanol–water partition coefficient (Wildman–Crippen LogP) is 5.06. The van der Waals surface area contributed by atoms with Gasteiger partial charge in [0.05, 0.1) is 29.5 Å². The maximum Gasteiger partial charge on any atom is 0.262 e. The van der Waals surface area contributed by atoms with Gasteiger partial charge in [0, 0.05) is 22.7 Å². The van der Waals surface area contributed by atoms with Crippen LogP contribution in [0.5, 0.6) is 0 Å². The van der Waals surface area contributed by atoms with Gasteiger partial charge in [-0.2, -0.15) is 0 Å². The van der Waals surface area contributed by atoms with Crippen LogP contribution in [0.4, 0.5) is 0 Å². The first-order chi connectivity index (χ1) is 15.7. The van der Waals surface area contributed by atoms with E-state index in [9.17, 15) is 9.59 Å². The number of rotatable bonds is 7. The van der Waals surface area contributed by atoms with E-state index in [-0.39, 0.29) is 23.6 Å². The van der Waals surface area contributed by atoms with Gasteiger partial charge in [0.25, 0.3) is 5.56 Å². The number of benzene rings is 2. The predicted molar refractivity (Wildman–Crippen MR) is 127 cm³/mol. The summed E-state index contributed by atoms with van der Waals surface area (Å²) in [4.78, 5) is 34.2. The second-order valence-corrected chi connectivity index (χ2v) is 8.43. The van der Waals surface area contributed by atoms with Crippen LogP contribution < -0.4 is 5.56 Å². The summed E-state index contributed by atoms with van der Waals surface area (Å²) in [5.74, 6) is 0.814. The Bertz CT molecular complexity index is 1480.